The van der Waals surface area contributed by atoms with E-state index in [9.17, 15) is 5.11 Å². The van der Waals surface area contributed by atoms with Crippen LogP contribution in [-0.2, 0) is 13.0 Å². The second kappa shape index (κ2) is 12.3. The number of halogens is 2. The van der Waals surface area contributed by atoms with Crippen molar-refractivity contribution in [2.24, 2.45) is 0 Å². The van der Waals surface area contributed by atoms with E-state index in [1.807, 2.05) is 49.4 Å². The lowest BCUT2D eigenvalue weighted by Crippen LogP contribution is -2.24. The maximum Gasteiger partial charge on any atom is 0.229 e. The Bertz CT molecular complexity index is 1140. The van der Waals surface area contributed by atoms with Crippen molar-refractivity contribution in [2.45, 2.75) is 26.0 Å². The van der Waals surface area contributed by atoms with E-state index in [-0.39, 0.29) is 38.0 Å². The van der Waals surface area contributed by atoms with Gasteiger partial charge in [-0.2, -0.15) is 19.6 Å². The lowest BCUT2D eigenvalue weighted by atomic mass is 10.1. The molecule has 4 rings (SSSR count). The number of aliphatic hydroxyl groups is 2. The second-order valence-electron chi connectivity index (χ2n) is 7.11. The van der Waals surface area contributed by atoms with Crippen LogP contribution in [0.3, 0.4) is 0 Å². The van der Waals surface area contributed by atoms with E-state index in [1.165, 1.54) is 0 Å². The summed E-state index contributed by atoms with van der Waals surface area (Å²) in [6, 6.07) is 14.0. The normalized spacial score (nSPS) is 11.4. The summed E-state index contributed by atoms with van der Waals surface area (Å²) >= 11 is 0. The van der Waals surface area contributed by atoms with Gasteiger partial charge in [0.15, 0.2) is 5.65 Å². The summed E-state index contributed by atoms with van der Waals surface area (Å²) in [6.07, 6.45) is 3.46. The van der Waals surface area contributed by atoms with Crippen LogP contribution >= 0.6 is 24.8 Å². The van der Waals surface area contributed by atoms with Gasteiger partial charge in [0.25, 0.3) is 0 Å². The Labute approximate surface area is 204 Å². The number of hydrogen-bond donors (Lipinski definition) is 4. The van der Waals surface area contributed by atoms with Gasteiger partial charge in [-0.05, 0) is 24.1 Å². The van der Waals surface area contributed by atoms with Crippen LogP contribution in [0.15, 0.2) is 54.9 Å². The fourth-order valence-corrected chi connectivity index (χ4v) is 3.15. The van der Waals surface area contributed by atoms with Crippen LogP contribution in [0.2, 0.25) is 0 Å². The van der Waals surface area contributed by atoms with Crippen LogP contribution in [0, 0.1) is 0 Å². The third-order valence-corrected chi connectivity index (χ3v) is 4.89. The van der Waals surface area contributed by atoms with Crippen LogP contribution in [0.1, 0.15) is 18.1 Å². The molecule has 33 heavy (non-hydrogen) atoms. The SMILES string of the molecule is CCc1cnn2c(NCc3ccc(-c4ccccn4)cc3)nc(NC[C@H](O)CO)nc12.Cl.Cl. The monoisotopic (exact) mass is 491 g/mol. The molecule has 3 aromatic heterocycles. The third-order valence-electron chi connectivity index (χ3n) is 4.89. The van der Waals surface area contributed by atoms with Crippen molar-refractivity contribution >= 4 is 42.4 Å². The zero-order valence-corrected chi connectivity index (χ0v) is 19.7. The van der Waals surface area contributed by atoms with Gasteiger partial charge in [-0.1, -0.05) is 37.3 Å². The first-order valence-electron chi connectivity index (χ1n) is 10.2. The second-order valence-corrected chi connectivity index (χ2v) is 7.11. The quantitative estimate of drug-likeness (QED) is 0.282. The molecule has 0 spiro atoms. The number of fused-ring (bicyclic) bond motifs is 1. The zero-order valence-electron chi connectivity index (χ0n) is 18.0. The lowest BCUT2D eigenvalue weighted by Gasteiger charge is -2.12. The number of benzene rings is 1. The van der Waals surface area contributed by atoms with E-state index in [4.69, 9.17) is 5.11 Å². The number of aryl methyl sites for hydroxylation is 1. The van der Waals surface area contributed by atoms with E-state index in [2.05, 4.69) is 30.7 Å². The van der Waals surface area contributed by atoms with Gasteiger partial charge < -0.3 is 20.8 Å². The van der Waals surface area contributed by atoms with Gasteiger partial charge in [0, 0.05) is 30.4 Å². The van der Waals surface area contributed by atoms with Gasteiger partial charge >= 0.3 is 0 Å². The smallest absolute Gasteiger partial charge is 0.229 e. The minimum atomic E-state index is -0.885. The fourth-order valence-electron chi connectivity index (χ4n) is 3.15. The first-order chi connectivity index (χ1) is 15.2. The summed E-state index contributed by atoms with van der Waals surface area (Å²) in [5.41, 5.74) is 4.77. The standard InChI is InChI=1S/C22H25N7O2.2ClH/c1-2-16-12-26-29-20(16)27-21(24-13-18(31)14-30)28-22(29)25-11-15-6-8-17(9-7-15)19-5-3-4-10-23-19;;/h3-10,12,18,30-31H,2,11,13-14H2,1H3,(H2,24,25,27,28);2*1H/t18-;;/m0../s1. The molecule has 11 heteroatoms. The molecule has 1 atom stereocenters. The van der Waals surface area contributed by atoms with Gasteiger partial charge in [-0.25, -0.2) is 0 Å². The molecular formula is C22H27Cl2N7O2. The molecule has 0 aliphatic heterocycles. The lowest BCUT2D eigenvalue weighted by molar-refractivity contribution is 0.105. The summed E-state index contributed by atoms with van der Waals surface area (Å²) < 4.78 is 1.68. The summed E-state index contributed by atoms with van der Waals surface area (Å²) in [5, 5.41) is 29.4. The first kappa shape index (κ1) is 26.3. The van der Waals surface area contributed by atoms with Crippen LogP contribution in [0.4, 0.5) is 11.9 Å². The minimum Gasteiger partial charge on any atom is -0.394 e. The number of hydrogen-bond acceptors (Lipinski definition) is 8. The average molecular weight is 492 g/mol. The van der Waals surface area contributed by atoms with Gasteiger partial charge in [0.05, 0.1) is 24.6 Å². The molecule has 0 aliphatic rings. The van der Waals surface area contributed by atoms with Gasteiger partial charge in [0.1, 0.15) is 0 Å². The Morgan fingerprint density at radius 1 is 1.03 bits per heavy atom. The number of nitrogens with one attached hydrogen (secondary N) is 2. The molecule has 4 N–H and O–H groups in total. The summed E-state index contributed by atoms with van der Waals surface area (Å²) in [6.45, 7) is 2.41. The molecular weight excluding hydrogens is 465 g/mol. The fraction of sp³-hybridized carbons (Fsp3) is 0.273. The molecule has 1 aromatic carbocycles. The molecule has 0 unspecified atom stereocenters. The average Bonchev–Trinajstić information content (AvgIpc) is 3.25. The number of anilines is 2. The summed E-state index contributed by atoms with van der Waals surface area (Å²) in [7, 11) is 0. The summed E-state index contributed by atoms with van der Waals surface area (Å²) in [5.74, 6) is 0.905. The third kappa shape index (κ3) is 6.29. The Kier molecular flexibility index (Phi) is 9.80. The van der Waals surface area contributed by atoms with Crippen molar-refractivity contribution in [3.05, 3.63) is 66.0 Å². The molecule has 0 amide bonds. The van der Waals surface area contributed by atoms with E-state index in [1.54, 1.807) is 16.9 Å². The molecule has 0 fully saturated rings. The predicted octanol–water partition coefficient (Wildman–Crippen LogP) is 2.97. The molecule has 0 saturated carbocycles. The summed E-state index contributed by atoms with van der Waals surface area (Å²) in [4.78, 5) is 13.4. The molecule has 4 aromatic rings. The van der Waals surface area contributed by atoms with Crippen LogP contribution < -0.4 is 10.6 Å². The van der Waals surface area contributed by atoms with Crippen LogP contribution in [0.25, 0.3) is 16.9 Å². The van der Waals surface area contributed by atoms with Crippen molar-refractivity contribution in [3.63, 3.8) is 0 Å². The maximum absolute atomic E-state index is 9.61. The Hall–Kier alpha value is -2.98. The van der Waals surface area contributed by atoms with Crippen molar-refractivity contribution in [1.82, 2.24) is 24.6 Å². The van der Waals surface area contributed by atoms with Crippen molar-refractivity contribution < 1.29 is 10.2 Å². The number of aliphatic hydroxyl groups excluding tert-OH is 2. The first-order valence-corrected chi connectivity index (χ1v) is 10.2. The van der Waals surface area contributed by atoms with Crippen LogP contribution in [0.5, 0.6) is 0 Å². The number of aromatic nitrogens is 5. The van der Waals surface area contributed by atoms with E-state index < -0.39 is 6.10 Å². The molecule has 0 radical (unpaired) electrons. The van der Waals surface area contributed by atoms with Crippen molar-refractivity contribution in [2.75, 3.05) is 23.8 Å². The largest absolute Gasteiger partial charge is 0.394 e. The zero-order chi connectivity index (χ0) is 21.6. The van der Waals surface area contributed by atoms with E-state index in [0.29, 0.717) is 24.1 Å². The van der Waals surface area contributed by atoms with E-state index >= 15 is 0 Å². The molecule has 0 bridgehead atoms. The highest BCUT2D eigenvalue weighted by Crippen LogP contribution is 2.19. The molecule has 9 nitrogen and oxygen atoms in total. The highest BCUT2D eigenvalue weighted by Gasteiger charge is 2.13. The topological polar surface area (TPSA) is 120 Å². The van der Waals surface area contributed by atoms with Gasteiger partial charge in [-0.3, -0.25) is 4.98 Å². The molecule has 0 saturated heterocycles. The number of nitrogens with zero attached hydrogens (tertiary/aromatic N) is 5. The highest BCUT2D eigenvalue weighted by atomic mass is 35.5. The maximum atomic E-state index is 9.61. The predicted molar refractivity (Wildman–Crippen MR) is 133 cm³/mol. The Morgan fingerprint density at radius 3 is 2.48 bits per heavy atom. The van der Waals surface area contributed by atoms with E-state index in [0.717, 1.165) is 28.8 Å². The Morgan fingerprint density at radius 2 is 1.82 bits per heavy atom. The number of pyridine rings is 1. The Balaban J connectivity index is 0.00000193. The molecule has 0 aliphatic carbocycles. The molecule has 176 valence electrons. The number of rotatable bonds is 9. The van der Waals surface area contributed by atoms with Crippen molar-refractivity contribution in [3.8, 4) is 11.3 Å². The minimum absolute atomic E-state index is 0. The van der Waals surface area contributed by atoms with Crippen LogP contribution in [-0.4, -0.2) is 54.0 Å². The van der Waals surface area contributed by atoms with Crippen molar-refractivity contribution in [1.29, 1.82) is 0 Å². The van der Waals surface area contributed by atoms with Gasteiger partial charge in [-0.15, -0.1) is 24.8 Å². The van der Waals surface area contributed by atoms with Gasteiger partial charge in [0.2, 0.25) is 11.9 Å². The molecule has 3 heterocycles. The highest BCUT2D eigenvalue weighted by molar-refractivity contribution is 5.85.